The fourth-order valence-electron chi connectivity index (χ4n) is 3.41. The van der Waals surface area contributed by atoms with E-state index in [2.05, 4.69) is 17.6 Å². The van der Waals surface area contributed by atoms with Gasteiger partial charge in [-0.25, -0.2) is 9.18 Å². The number of benzene rings is 3. The Morgan fingerprint density at radius 2 is 1.84 bits per heavy atom. The van der Waals surface area contributed by atoms with E-state index < -0.39 is 0 Å². The molecule has 7 heteroatoms. The maximum Gasteiger partial charge on any atom is 0.326 e. The largest absolute Gasteiger partial charge is 0.348 e. The maximum atomic E-state index is 13.2. The summed E-state index contributed by atoms with van der Waals surface area (Å²) in [5.41, 5.74) is 2.65. The number of hydrogen-bond acceptors (Lipinski definition) is 3. The van der Waals surface area contributed by atoms with Gasteiger partial charge in [-0.05, 0) is 54.1 Å². The van der Waals surface area contributed by atoms with Crippen molar-refractivity contribution in [3.8, 4) is 0 Å². The molecular formula is C24H22FN3O2S. The number of rotatable bonds is 4. The molecule has 4 rings (SSSR count). The number of thioether (sulfide) groups is 1. The Bertz CT molecular complexity index is 1100. The van der Waals surface area contributed by atoms with E-state index in [0.717, 1.165) is 10.6 Å². The van der Waals surface area contributed by atoms with Crippen molar-refractivity contribution in [2.75, 3.05) is 16.8 Å². The summed E-state index contributed by atoms with van der Waals surface area (Å²) in [4.78, 5) is 28.1. The lowest BCUT2D eigenvalue weighted by molar-refractivity contribution is 0.0951. The van der Waals surface area contributed by atoms with Crippen molar-refractivity contribution in [3.63, 3.8) is 0 Å². The minimum atomic E-state index is -0.337. The fourth-order valence-corrected chi connectivity index (χ4v) is 4.52. The van der Waals surface area contributed by atoms with Crippen LogP contribution in [0.3, 0.4) is 0 Å². The first-order valence-corrected chi connectivity index (χ1v) is 10.8. The highest BCUT2D eigenvalue weighted by molar-refractivity contribution is 8.00. The van der Waals surface area contributed by atoms with Crippen molar-refractivity contribution in [1.29, 1.82) is 0 Å². The number of para-hydroxylation sites is 1. The van der Waals surface area contributed by atoms with Crippen LogP contribution < -0.4 is 15.5 Å². The number of carbonyl (C=O) groups excluding carboxylic acids is 2. The first-order chi connectivity index (χ1) is 15.0. The normalized spacial score (nSPS) is 15.2. The zero-order valence-corrected chi connectivity index (χ0v) is 17.8. The van der Waals surface area contributed by atoms with Crippen molar-refractivity contribution in [1.82, 2.24) is 5.32 Å². The van der Waals surface area contributed by atoms with Gasteiger partial charge in [0, 0.05) is 34.5 Å². The Labute approximate surface area is 184 Å². The van der Waals surface area contributed by atoms with Crippen LogP contribution in [0.25, 0.3) is 0 Å². The monoisotopic (exact) mass is 435 g/mol. The molecule has 0 radical (unpaired) electrons. The first kappa shape index (κ1) is 20.9. The van der Waals surface area contributed by atoms with Gasteiger partial charge in [0.25, 0.3) is 5.91 Å². The van der Waals surface area contributed by atoms with Crippen LogP contribution in [0.1, 0.15) is 22.8 Å². The van der Waals surface area contributed by atoms with Crippen LogP contribution in [0.15, 0.2) is 77.7 Å². The lowest BCUT2D eigenvalue weighted by Crippen LogP contribution is -2.41. The van der Waals surface area contributed by atoms with Crippen LogP contribution >= 0.6 is 11.8 Å². The Hall–Kier alpha value is -3.32. The number of amides is 3. The number of halogens is 1. The van der Waals surface area contributed by atoms with Crippen LogP contribution in [-0.4, -0.2) is 23.7 Å². The predicted molar refractivity (Wildman–Crippen MR) is 122 cm³/mol. The zero-order valence-electron chi connectivity index (χ0n) is 17.0. The quantitative estimate of drug-likeness (QED) is 0.586. The zero-order chi connectivity index (χ0) is 21.8. The lowest BCUT2D eigenvalue weighted by Gasteiger charge is -2.32. The SMILES string of the molecule is C[C@H]1CN(C(=O)Nc2ccc(C(=O)NCc3cccc(F)c3)cc2)c2ccccc2S1. The molecule has 1 atom stereocenters. The highest BCUT2D eigenvalue weighted by Crippen LogP contribution is 2.38. The second-order valence-corrected chi connectivity index (χ2v) is 8.81. The molecule has 0 fully saturated rings. The van der Waals surface area contributed by atoms with E-state index in [9.17, 15) is 14.0 Å². The molecule has 3 aromatic rings. The maximum absolute atomic E-state index is 13.2. The number of urea groups is 1. The number of nitrogens with zero attached hydrogens (tertiary/aromatic N) is 1. The van der Waals surface area contributed by atoms with E-state index in [1.54, 1.807) is 53.1 Å². The van der Waals surface area contributed by atoms with Crippen LogP contribution in [0.5, 0.6) is 0 Å². The molecule has 2 N–H and O–H groups in total. The Kier molecular flexibility index (Phi) is 6.23. The van der Waals surface area contributed by atoms with Crippen molar-refractivity contribution in [3.05, 3.63) is 89.7 Å². The summed E-state index contributed by atoms with van der Waals surface area (Å²) < 4.78 is 13.2. The highest BCUT2D eigenvalue weighted by Gasteiger charge is 2.26. The van der Waals surface area contributed by atoms with Crippen molar-refractivity contribution in [2.24, 2.45) is 0 Å². The van der Waals surface area contributed by atoms with Crippen molar-refractivity contribution >= 4 is 35.1 Å². The van der Waals surface area contributed by atoms with Gasteiger partial charge >= 0.3 is 6.03 Å². The van der Waals surface area contributed by atoms with Crippen LogP contribution in [-0.2, 0) is 6.54 Å². The summed E-state index contributed by atoms with van der Waals surface area (Å²) in [5.74, 6) is -0.603. The molecule has 0 unspecified atom stereocenters. The number of hydrogen-bond donors (Lipinski definition) is 2. The molecule has 1 aliphatic heterocycles. The summed E-state index contributed by atoms with van der Waals surface area (Å²) in [6.07, 6.45) is 0. The molecule has 3 amide bonds. The van der Waals surface area contributed by atoms with Gasteiger partial charge in [-0.15, -0.1) is 11.8 Å². The fraction of sp³-hybridized carbons (Fsp3) is 0.167. The van der Waals surface area contributed by atoms with Gasteiger partial charge < -0.3 is 10.6 Å². The number of fused-ring (bicyclic) bond motifs is 1. The predicted octanol–water partition coefficient (Wildman–Crippen LogP) is 5.29. The molecular weight excluding hydrogens is 413 g/mol. The molecule has 158 valence electrons. The lowest BCUT2D eigenvalue weighted by atomic mass is 10.1. The van der Waals surface area contributed by atoms with Gasteiger partial charge in [0.05, 0.1) is 5.69 Å². The van der Waals surface area contributed by atoms with Gasteiger partial charge in [0.15, 0.2) is 0 Å². The van der Waals surface area contributed by atoms with E-state index in [1.165, 1.54) is 12.1 Å². The van der Waals surface area contributed by atoms with Crippen LogP contribution in [0.2, 0.25) is 0 Å². The third kappa shape index (κ3) is 5.06. The smallest absolute Gasteiger partial charge is 0.326 e. The molecule has 5 nitrogen and oxygen atoms in total. The number of anilines is 2. The van der Waals surface area contributed by atoms with Crippen molar-refractivity contribution in [2.45, 2.75) is 23.6 Å². The molecule has 0 saturated heterocycles. The molecule has 0 aliphatic carbocycles. The third-order valence-corrected chi connectivity index (χ3v) is 6.06. The van der Waals surface area contributed by atoms with E-state index in [1.807, 2.05) is 24.3 Å². The summed E-state index contributed by atoms with van der Waals surface area (Å²) in [6, 6.07) is 20.5. The topological polar surface area (TPSA) is 61.4 Å². The number of carbonyl (C=O) groups is 2. The molecule has 1 aliphatic rings. The molecule has 0 saturated carbocycles. The molecule has 3 aromatic carbocycles. The third-order valence-electron chi connectivity index (χ3n) is 4.91. The molecule has 0 aromatic heterocycles. The van der Waals surface area contributed by atoms with E-state index in [-0.39, 0.29) is 24.3 Å². The minimum Gasteiger partial charge on any atom is -0.348 e. The van der Waals surface area contributed by atoms with Gasteiger partial charge in [-0.3, -0.25) is 9.69 Å². The standard InChI is InChI=1S/C24H22FN3O2S/c1-16-15-28(21-7-2-3-8-22(21)31-16)24(30)27-20-11-9-18(10-12-20)23(29)26-14-17-5-4-6-19(25)13-17/h2-13,16H,14-15H2,1H3,(H,26,29)(H,27,30)/t16-/m0/s1. The number of nitrogens with one attached hydrogen (secondary N) is 2. The summed E-state index contributed by atoms with van der Waals surface area (Å²) in [7, 11) is 0. The van der Waals surface area contributed by atoms with E-state index in [0.29, 0.717) is 28.6 Å². The van der Waals surface area contributed by atoms with Crippen molar-refractivity contribution < 1.29 is 14.0 Å². The van der Waals surface area contributed by atoms with E-state index >= 15 is 0 Å². The molecule has 1 heterocycles. The Balaban J connectivity index is 1.38. The molecule has 0 spiro atoms. The van der Waals surface area contributed by atoms with Gasteiger partial charge in [0.2, 0.25) is 0 Å². The summed E-state index contributed by atoms with van der Waals surface area (Å²) in [6.45, 7) is 2.95. The Morgan fingerprint density at radius 3 is 2.61 bits per heavy atom. The van der Waals surface area contributed by atoms with E-state index in [4.69, 9.17) is 0 Å². The Morgan fingerprint density at radius 1 is 1.06 bits per heavy atom. The average molecular weight is 436 g/mol. The average Bonchev–Trinajstić information content (AvgIpc) is 2.77. The van der Waals surface area contributed by atoms with Gasteiger partial charge in [-0.2, -0.15) is 0 Å². The highest BCUT2D eigenvalue weighted by atomic mass is 32.2. The van der Waals surface area contributed by atoms with Gasteiger partial charge in [-0.1, -0.05) is 31.2 Å². The van der Waals surface area contributed by atoms with Crippen LogP contribution in [0, 0.1) is 5.82 Å². The van der Waals surface area contributed by atoms with Gasteiger partial charge in [0.1, 0.15) is 5.82 Å². The minimum absolute atomic E-state index is 0.206. The second-order valence-electron chi connectivity index (χ2n) is 7.33. The first-order valence-electron chi connectivity index (χ1n) is 9.96. The van der Waals surface area contributed by atoms with Crippen LogP contribution in [0.4, 0.5) is 20.6 Å². The summed E-state index contributed by atoms with van der Waals surface area (Å²) in [5, 5.41) is 5.97. The second kappa shape index (κ2) is 9.22. The summed E-state index contributed by atoms with van der Waals surface area (Å²) >= 11 is 1.76. The molecule has 0 bridgehead atoms. The molecule has 31 heavy (non-hydrogen) atoms.